The molecule has 1 amide bonds. The van der Waals surface area contributed by atoms with Crippen LogP contribution in [0.5, 0.6) is 0 Å². The second-order valence-electron chi connectivity index (χ2n) is 6.25. The molecule has 0 spiro atoms. The molecule has 0 aliphatic carbocycles. The minimum Gasteiger partial charge on any atom is -0.338 e. The summed E-state index contributed by atoms with van der Waals surface area (Å²) in [7, 11) is 0. The molecule has 134 valence electrons. The lowest BCUT2D eigenvalue weighted by Gasteiger charge is -2.33. The van der Waals surface area contributed by atoms with E-state index >= 15 is 0 Å². The number of rotatable bonds is 4. The Kier molecular flexibility index (Phi) is 4.77. The van der Waals surface area contributed by atoms with Crippen molar-refractivity contribution >= 4 is 17.2 Å². The topological polar surface area (TPSA) is 75.4 Å². The van der Waals surface area contributed by atoms with E-state index in [2.05, 4.69) is 20.0 Å². The minimum atomic E-state index is 0.0370. The zero-order chi connectivity index (χ0) is 17.9. The first-order valence-corrected chi connectivity index (χ1v) is 9.38. The molecule has 26 heavy (non-hydrogen) atoms. The van der Waals surface area contributed by atoms with Crippen molar-refractivity contribution in [3.63, 3.8) is 0 Å². The predicted molar refractivity (Wildman–Crippen MR) is 97.8 cm³/mol. The molecule has 4 heterocycles. The van der Waals surface area contributed by atoms with Crippen molar-refractivity contribution in [3.8, 4) is 10.7 Å². The molecule has 0 saturated carbocycles. The Labute approximate surface area is 155 Å². The summed E-state index contributed by atoms with van der Waals surface area (Å²) in [6.07, 6.45) is 1.65. The first-order valence-electron chi connectivity index (χ1n) is 8.50. The molecule has 1 aliphatic rings. The summed E-state index contributed by atoms with van der Waals surface area (Å²) in [5.74, 6) is 1.28. The molecule has 1 aliphatic heterocycles. The number of thiophene rings is 1. The zero-order valence-electron chi connectivity index (χ0n) is 14.5. The van der Waals surface area contributed by atoms with Gasteiger partial charge in [-0.05, 0) is 30.5 Å². The number of nitrogens with zero attached hydrogens (tertiary/aromatic N) is 5. The number of carbonyl (C=O) groups is 1. The maximum Gasteiger partial charge on any atom is 0.255 e. The summed E-state index contributed by atoms with van der Waals surface area (Å²) < 4.78 is 5.36. The molecule has 0 unspecified atom stereocenters. The van der Waals surface area contributed by atoms with Gasteiger partial charge in [-0.2, -0.15) is 4.98 Å². The van der Waals surface area contributed by atoms with Gasteiger partial charge >= 0.3 is 0 Å². The second kappa shape index (κ2) is 7.35. The fourth-order valence-electron chi connectivity index (χ4n) is 2.90. The normalized spacial score (nSPS) is 15.3. The van der Waals surface area contributed by atoms with E-state index in [4.69, 9.17) is 4.52 Å². The maximum atomic E-state index is 12.5. The molecule has 7 nitrogen and oxygen atoms in total. The van der Waals surface area contributed by atoms with Crippen LogP contribution in [0.2, 0.25) is 0 Å². The van der Waals surface area contributed by atoms with Gasteiger partial charge in [-0.25, -0.2) is 0 Å². The van der Waals surface area contributed by atoms with Crippen LogP contribution in [0.4, 0.5) is 0 Å². The van der Waals surface area contributed by atoms with Crippen LogP contribution >= 0.6 is 11.3 Å². The number of aryl methyl sites for hydroxylation is 1. The maximum absolute atomic E-state index is 12.5. The average molecular weight is 369 g/mol. The average Bonchev–Trinajstić information content (AvgIpc) is 3.34. The molecule has 1 fully saturated rings. The highest BCUT2D eigenvalue weighted by atomic mass is 32.1. The lowest BCUT2D eigenvalue weighted by molar-refractivity contribution is 0.0614. The SMILES string of the molecule is Cc1ccc(C(=O)N2CCN(Cc3nc(-c4cccs4)no3)CC2)cn1. The quantitative estimate of drug-likeness (QED) is 0.703. The van der Waals surface area contributed by atoms with E-state index in [-0.39, 0.29) is 5.91 Å². The van der Waals surface area contributed by atoms with Gasteiger partial charge in [0.1, 0.15) is 0 Å². The summed E-state index contributed by atoms with van der Waals surface area (Å²) in [6.45, 7) is 5.43. The van der Waals surface area contributed by atoms with Crippen LogP contribution < -0.4 is 0 Å². The number of aromatic nitrogens is 3. The van der Waals surface area contributed by atoms with Gasteiger partial charge in [-0.15, -0.1) is 11.3 Å². The van der Waals surface area contributed by atoms with Crippen molar-refractivity contribution in [1.29, 1.82) is 0 Å². The van der Waals surface area contributed by atoms with Gasteiger partial charge in [-0.1, -0.05) is 11.2 Å². The van der Waals surface area contributed by atoms with Gasteiger partial charge in [-0.3, -0.25) is 14.7 Å². The summed E-state index contributed by atoms with van der Waals surface area (Å²) in [4.78, 5) is 26.3. The highest BCUT2D eigenvalue weighted by molar-refractivity contribution is 7.13. The van der Waals surface area contributed by atoms with E-state index in [1.807, 2.05) is 41.5 Å². The lowest BCUT2D eigenvalue weighted by atomic mass is 10.2. The molecule has 3 aromatic heterocycles. The van der Waals surface area contributed by atoms with Gasteiger partial charge in [0.25, 0.3) is 5.91 Å². The largest absolute Gasteiger partial charge is 0.338 e. The third-order valence-corrected chi connectivity index (χ3v) is 5.25. The fraction of sp³-hybridized carbons (Fsp3) is 0.333. The van der Waals surface area contributed by atoms with Crippen LogP contribution in [-0.2, 0) is 6.54 Å². The van der Waals surface area contributed by atoms with Crippen molar-refractivity contribution in [1.82, 2.24) is 24.9 Å². The van der Waals surface area contributed by atoms with E-state index < -0.39 is 0 Å². The number of hydrogen-bond acceptors (Lipinski definition) is 7. The van der Waals surface area contributed by atoms with E-state index in [9.17, 15) is 4.79 Å². The monoisotopic (exact) mass is 369 g/mol. The van der Waals surface area contributed by atoms with Crippen molar-refractivity contribution < 1.29 is 9.32 Å². The Morgan fingerprint density at radius 2 is 2.08 bits per heavy atom. The zero-order valence-corrected chi connectivity index (χ0v) is 15.3. The van der Waals surface area contributed by atoms with Gasteiger partial charge in [0.2, 0.25) is 11.7 Å². The van der Waals surface area contributed by atoms with Crippen LogP contribution in [-0.4, -0.2) is 57.0 Å². The van der Waals surface area contributed by atoms with Crippen molar-refractivity contribution in [3.05, 3.63) is 53.0 Å². The van der Waals surface area contributed by atoms with E-state index in [1.165, 1.54) is 0 Å². The lowest BCUT2D eigenvalue weighted by Crippen LogP contribution is -2.48. The summed E-state index contributed by atoms with van der Waals surface area (Å²) in [5, 5.41) is 6.03. The van der Waals surface area contributed by atoms with E-state index in [0.29, 0.717) is 36.9 Å². The van der Waals surface area contributed by atoms with Crippen LogP contribution in [0.3, 0.4) is 0 Å². The minimum absolute atomic E-state index is 0.0370. The second-order valence-corrected chi connectivity index (χ2v) is 7.19. The Morgan fingerprint density at radius 1 is 1.23 bits per heavy atom. The Morgan fingerprint density at radius 3 is 2.77 bits per heavy atom. The molecule has 0 bridgehead atoms. The molecule has 0 aromatic carbocycles. The smallest absolute Gasteiger partial charge is 0.255 e. The first kappa shape index (κ1) is 16.9. The number of carbonyl (C=O) groups excluding carboxylic acids is 1. The number of hydrogen-bond donors (Lipinski definition) is 0. The van der Waals surface area contributed by atoms with E-state index in [1.54, 1.807) is 17.5 Å². The van der Waals surface area contributed by atoms with Crippen molar-refractivity contribution in [2.75, 3.05) is 26.2 Å². The number of amides is 1. The van der Waals surface area contributed by atoms with Crippen molar-refractivity contribution in [2.24, 2.45) is 0 Å². The predicted octanol–water partition coefficient (Wildman–Crippen LogP) is 2.46. The van der Waals surface area contributed by atoms with Crippen LogP contribution in [0.15, 0.2) is 40.4 Å². The van der Waals surface area contributed by atoms with Gasteiger partial charge in [0.05, 0.1) is 17.0 Å². The van der Waals surface area contributed by atoms with Crippen LogP contribution in [0.25, 0.3) is 10.7 Å². The van der Waals surface area contributed by atoms with Gasteiger partial charge in [0, 0.05) is 38.1 Å². The van der Waals surface area contributed by atoms with Crippen molar-refractivity contribution in [2.45, 2.75) is 13.5 Å². The molecule has 1 saturated heterocycles. The summed E-state index contributed by atoms with van der Waals surface area (Å²) in [5.41, 5.74) is 1.55. The Balaban J connectivity index is 1.32. The molecule has 0 N–H and O–H groups in total. The Bertz CT molecular complexity index is 867. The molecular weight excluding hydrogens is 350 g/mol. The highest BCUT2D eigenvalue weighted by Gasteiger charge is 2.23. The molecule has 3 aromatic rings. The summed E-state index contributed by atoms with van der Waals surface area (Å²) >= 11 is 1.59. The highest BCUT2D eigenvalue weighted by Crippen LogP contribution is 2.21. The number of piperazine rings is 1. The number of pyridine rings is 1. The van der Waals surface area contributed by atoms with Crippen LogP contribution in [0, 0.1) is 6.92 Å². The molecule has 0 atom stereocenters. The van der Waals surface area contributed by atoms with Gasteiger partial charge < -0.3 is 9.42 Å². The van der Waals surface area contributed by atoms with Crippen LogP contribution in [0.1, 0.15) is 21.9 Å². The Hall–Kier alpha value is -2.58. The molecule has 4 rings (SSSR count). The first-order chi connectivity index (χ1) is 12.7. The van der Waals surface area contributed by atoms with Gasteiger partial charge in [0.15, 0.2) is 0 Å². The third kappa shape index (κ3) is 3.66. The fourth-order valence-corrected chi connectivity index (χ4v) is 3.55. The van der Waals surface area contributed by atoms with E-state index in [0.717, 1.165) is 23.7 Å². The standard InChI is InChI=1S/C18H19N5O2S/c1-13-4-5-14(11-19-13)18(24)23-8-6-22(7-9-23)12-16-20-17(21-25-16)15-3-2-10-26-15/h2-5,10-11H,6-9,12H2,1H3. The molecular formula is C18H19N5O2S. The molecule has 8 heteroatoms. The molecule has 0 radical (unpaired) electrons. The summed E-state index contributed by atoms with van der Waals surface area (Å²) in [6, 6.07) is 7.64. The third-order valence-electron chi connectivity index (χ3n) is 4.39.